The number of rotatable bonds is 3. The number of nitrogens with one attached hydrogen (secondary N) is 1. The van der Waals surface area contributed by atoms with Gasteiger partial charge in [0.05, 0.1) is 17.4 Å². The fraction of sp³-hybridized carbons (Fsp3) is 0.562. The molecule has 1 aromatic rings. The van der Waals surface area contributed by atoms with Gasteiger partial charge in [-0.05, 0) is 37.7 Å². The molecule has 0 aromatic carbocycles. The van der Waals surface area contributed by atoms with Crippen molar-refractivity contribution in [2.24, 2.45) is 11.8 Å². The molecule has 0 bridgehead atoms. The van der Waals surface area contributed by atoms with Gasteiger partial charge in [0.2, 0.25) is 5.91 Å². The van der Waals surface area contributed by atoms with Crippen LogP contribution in [0.2, 0.25) is 0 Å². The maximum atomic E-state index is 12.5. The van der Waals surface area contributed by atoms with Crippen LogP contribution in [0.15, 0.2) is 0 Å². The SMILES string of the molecule is N#Cc1c(NC(=O)[C@@H]2CCCC[C@H]2C(=O)O)sc2c1CCC2. The number of amides is 1. The average Bonchev–Trinajstić information content (AvgIpc) is 3.07. The van der Waals surface area contributed by atoms with Gasteiger partial charge in [-0.1, -0.05) is 12.8 Å². The van der Waals surface area contributed by atoms with E-state index in [0.29, 0.717) is 23.4 Å². The topological polar surface area (TPSA) is 90.2 Å². The lowest BCUT2D eigenvalue weighted by atomic mass is 9.79. The molecule has 0 saturated heterocycles. The first kappa shape index (κ1) is 15.0. The summed E-state index contributed by atoms with van der Waals surface area (Å²) >= 11 is 1.47. The van der Waals surface area contributed by atoms with Gasteiger partial charge in [0, 0.05) is 4.88 Å². The number of carbonyl (C=O) groups is 2. The Morgan fingerprint density at radius 2 is 1.91 bits per heavy atom. The number of carbonyl (C=O) groups excluding carboxylic acids is 1. The molecule has 3 rings (SSSR count). The summed E-state index contributed by atoms with van der Waals surface area (Å²) in [6.45, 7) is 0. The van der Waals surface area contributed by atoms with Gasteiger partial charge in [-0.25, -0.2) is 0 Å². The first-order valence-corrected chi connectivity index (χ1v) is 8.51. The van der Waals surface area contributed by atoms with Gasteiger partial charge in [0.25, 0.3) is 0 Å². The Bertz CT molecular complexity index is 659. The minimum atomic E-state index is -0.894. The third-order valence-corrected chi connectivity index (χ3v) is 5.90. The average molecular weight is 318 g/mol. The van der Waals surface area contributed by atoms with Crippen molar-refractivity contribution in [3.05, 3.63) is 16.0 Å². The van der Waals surface area contributed by atoms with Gasteiger partial charge in [0.1, 0.15) is 11.1 Å². The van der Waals surface area contributed by atoms with E-state index >= 15 is 0 Å². The van der Waals surface area contributed by atoms with E-state index in [1.807, 2.05) is 0 Å². The number of carboxylic acid groups (broad SMARTS) is 1. The van der Waals surface area contributed by atoms with E-state index in [9.17, 15) is 20.0 Å². The van der Waals surface area contributed by atoms with Crippen LogP contribution in [0, 0.1) is 23.2 Å². The third kappa shape index (κ3) is 2.61. The summed E-state index contributed by atoms with van der Waals surface area (Å²) in [5.41, 5.74) is 1.65. The molecule has 116 valence electrons. The third-order valence-electron chi connectivity index (χ3n) is 4.69. The van der Waals surface area contributed by atoms with Crippen molar-refractivity contribution < 1.29 is 14.7 Å². The Morgan fingerprint density at radius 1 is 1.18 bits per heavy atom. The van der Waals surface area contributed by atoms with Crippen LogP contribution < -0.4 is 5.32 Å². The standard InChI is InChI=1S/C16H18N2O3S/c17-8-12-9-6-3-7-13(9)22-15(12)18-14(19)10-4-1-2-5-11(10)16(20)21/h10-11H,1-7H2,(H,18,19)(H,20,21)/t10-,11-/m1/s1. The van der Waals surface area contributed by atoms with Gasteiger partial charge in [-0.15, -0.1) is 11.3 Å². The zero-order valence-corrected chi connectivity index (χ0v) is 13.0. The molecule has 1 saturated carbocycles. The summed E-state index contributed by atoms with van der Waals surface area (Å²) in [6.07, 6.45) is 5.83. The zero-order chi connectivity index (χ0) is 15.7. The lowest BCUT2D eigenvalue weighted by molar-refractivity contribution is -0.147. The fourth-order valence-electron chi connectivity index (χ4n) is 3.56. The molecule has 0 unspecified atom stereocenters. The van der Waals surface area contributed by atoms with Crippen molar-refractivity contribution in [3.8, 4) is 6.07 Å². The molecule has 5 nitrogen and oxygen atoms in total. The molecular formula is C16H18N2O3S. The second-order valence-corrected chi connectivity index (χ2v) is 7.10. The number of hydrogen-bond donors (Lipinski definition) is 2. The number of carboxylic acids is 1. The number of fused-ring (bicyclic) bond motifs is 1. The predicted molar refractivity (Wildman–Crippen MR) is 82.8 cm³/mol. The summed E-state index contributed by atoms with van der Waals surface area (Å²) < 4.78 is 0. The van der Waals surface area contributed by atoms with Crippen LogP contribution in [0.3, 0.4) is 0 Å². The maximum absolute atomic E-state index is 12.5. The maximum Gasteiger partial charge on any atom is 0.307 e. The molecule has 2 atom stereocenters. The molecule has 0 spiro atoms. The monoisotopic (exact) mass is 318 g/mol. The van der Waals surface area contributed by atoms with Crippen molar-refractivity contribution in [1.29, 1.82) is 5.26 Å². The highest BCUT2D eigenvalue weighted by Crippen LogP contribution is 2.39. The molecule has 1 heterocycles. The number of anilines is 1. The fourth-order valence-corrected chi connectivity index (χ4v) is 4.80. The van der Waals surface area contributed by atoms with Crippen LogP contribution in [-0.2, 0) is 22.4 Å². The first-order valence-electron chi connectivity index (χ1n) is 7.70. The molecule has 22 heavy (non-hydrogen) atoms. The largest absolute Gasteiger partial charge is 0.481 e. The Morgan fingerprint density at radius 3 is 2.59 bits per heavy atom. The van der Waals surface area contributed by atoms with Crippen molar-refractivity contribution >= 4 is 28.2 Å². The smallest absolute Gasteiger partial charge is 0.307 e. The minimum Gasteiger partial charge on any atom is -0.481 e. The number of hydrogen-bond acceptors (Lipinski definition) is 4. The van der Waals surface area contributed by atoms with Gasteiger partial charge < -0.3 is 10.4 Å². The summed E-state index contributed by atoms with van der Waals surface area (Å²) in [4.78, 5) is 25.0. The Kier molecular flexibility index (Phi) is 4.16. The lowest BCUT2D eigenvalue weighted by Crippen LogP contribution is -2.36. The normalized spacial score (nSPS) is 23.6. The van der Waals surface area contributed by atoms with Gasteiger partial charge in [0.15, 0.2) is 0 Å². The second kappa shape index (κ2) is 6.09. The summed E-state index contributed by atoms with van der Waals surface area (Å²) in [7, 11) is 0. The van der Waals surface area contributed by atoms with Gasteiger partial charge in [-0.2, -0.15) is 5.26 Å². The molecule has 2 aliphatic carbocycles. The molecular weight excluding hydrogens is 300 g/mol. The molecule has 0 aliphatic heterocycles. The van der Waals surface area contributed by atoms with E-state index in [1.165, 1.54) is 16.2 Å². The summed E-state index contributed by atoms with van der Waals surface area (Å²) in [5.74, 6) is -2.24. The van der Waals surface area contributed by atoms with Crippen molar-refractivity contribution in [1.82, 2.24) is 0 Å². The highest BCUT2D eigenvalue weighted by atomic mass is 32.1. The van der Waals surface area contributed by atoms with E-state index in [4.69, 9.17) is 0 Å². The van der Waals surface area contributed by atoms with Crippen LogP contribution in [0.4, 0.5) is 5.00 Å². The lowest BCUT2D eigenvalue weighted by Gasteiger charge is -2.27. The van der Waals surface area contributed by atoms with Crippen LogP contribution in [0.1, 0.15) is 48.1 Å². The van der Waals surface area contributed by atoms with E-state index in [-0.39, 0.29) is 5.91 Å². The molecule has 2 N–H and O–H groups in total. The Hall–Kier alpha value is -1.87. The first-order chi connectivity index (χ1) is 10.6. The Labute approximate surface area is 132 Å². The van der Waals surface area contributed by atoms with Crippen LogP contribution in [0.5, 0.6) is 0 Å². The van der Waals surface area contributed by atoms with Crippen molar-refractivity contribution in [2.45, 2.75) is 44.9 Å². The van der Waals surface area contributed by atoms with Crippen LogP contribution in [0.25, 0.3) is 0 Å². The predicted octanol–water partition coefficient (Wildman–Crippen LogP) is 2.94. The summed E-state index contributed by atoms with van der Waals surface area (Å²) in [6, 6.07) is 2.20. The zero-order valence-electron chi connectivity index (χ0n) is 12.2. The van der Waals surface area contributed by atoms with E-state index in [2.05, 4.69) is 11.4 Å². The molecule has 1 amide bonds. The number of aliphatic carboxylic acids is 1. The molecule has 6 heteroatoms. The highest BCUT2D eigenvalue weighted by molar-refractivity contribution is 7.16. The quantitative estimate of drug-likeness (QED) is 0.896. The van der Waals surface area contributed by atoms with Crippen LogP contribution >= 0.6 is 11.3 Å². The molecule has 0 radical (unpaired) electrons. The minimum absolute atomic E-state index is 0.247. The van der Waals surface area contributed by atoms with Crippen molar-refractivity contribution in [3.63, 3.8) is 0 Å². The van der Waals surface area contributed by atoms with Crippen LogP contribution in [-0.4, -0.2) is 17.0 Å². The highest BCUT2D eigenvalue weighted by Gasteiger charge is 2.36. The van der Waals surface area contributed by atoms with Crippen molar-refractivity contribution in [2.75, 3.05) is 5.32 Å². The van der Waals surface area contributed by atoms with Gasteiger partial charge >= 0.3 is 5.97 Å². The second-order valence-electron chi connectivity index (χ2n) is 6.00. The van der Waals surface area contributed by atoms with E-state index in [0.717, 1.165) is 37.7 Å². The number of aryl methyl sites for hydroxylation is 1. The van der Waals surface area contributed by atoms with E-state index in [1.54, 1.807) is 0 Å². The molecule has 1 fully saturated rings. The van der Waals surface area contributed by atoms with E-state index < -0.39 is 17.8 Å². The number of thiophene rings is 1. The Balaban J connectivity index is 1.80. The number of nitrogens with zero attached hydrogens (tertiary/aromatic N) is 1. The molecule has 2 aliphatic rings. The number of nitriles is 1. The van der Waals surface area contributed by atoms with Gasteiger partial charge in [-0.3, -0.25) is 9.59 Å². The molecule has 1 aromatic heterocycles. The summed E-state index contributed by atoms with van der Waals surface area (Å²) in [5, 5.41) is 22.1.